The average molecular weight is 403 g/mol. The van der Waals surface area contributed by atoms with E-state index in [1.54, 1.807) is 35.2 Å². The number of para-hydroxylation sites is 2. The molecule has 6 nitrogen and oxygen atoms in total. The largest absolute Gasteiger partial charge is 0.492 e. The van der Waals surface area contributed by atoms with Crippen molar-refractivity contribution in [1.82, 2.24) is 4.90 Å². The number of carbonyl (C=O) groups is 1. The number of hydrogen-bond acceptors (Lipinski definition) is 4. The van der Waals surface area contributed by atoms with Crippen molar-refractivity contribution in [3.8, 4) is 5.75 Å². The minimum Gasteiger partial charge on any atom is -0.492 e. The van der Waals surface area contributed by atoms with Crippen LogP contribution in [0.5, 0.6) is 5.75 Å². The van der Waals surface area contributed by atoms with Gasteiger partial charge in [0.1, 0.15) is 5.75 Å². The molecule has 28 heavy (non-hydrogen) atoms. The average Bonchev–Trinajstić information content (AvgIpc) is 2.70. The van der Waals surface area contributed by atoms with Crippen molar-refractivity contribution in [2.45, 2.75) is 38.0 Å². The van der Waals surface area contributed by atoms with Crippen molar-refractivity contribution in [3.63, 3.8) is 0 Å². The maximum atomic E-state index is 12.9. The topological polar surface area (TPSA) is 75.7 Å². The lowest BCUT2D eigenvalue weighted by Gasteiger charge is -2.27. The lowest BCUT2D eigenvalue weighted by Crippen LogP contribution is -2.36. The van der Waals surface area contributed by atoms with Crippen LogP contribution in [0.25, 0.3) is 0 Å². The second-order valence-corrected chi connectivity index (χ2v) is 8.55. The lowest BCUT2D eigenvalue weighted by atomic mass is 10.1. The number of benzene rings is 2. The van der Waals surface area contributed by atoms with Crippen LogP contribution in [0, 0.1) is 6.92 Å². The Morgan fingerprint density at radius 2 is 1.82 bits per heavy atom. The third-order valence-corrected chi connectivity index (χ3v) is 6.19. The number of nitrogens with zero attached hydrogens (tertiary/aromatic N) is 1. The van der Waals surface area contributed by atoms with Gasteiger partial charge in [0.25, 0.3) is 15.9 Å². The number of ether oxygens (including phenoxy) is 1. The quantitative estimate of drug-likeness (QED) is 0.797. The predicted octanol–water partition coefficient (Wildman–Crippen LogP) is 3.82. The molecule has 2 aromatic rings. The van der Waals surface area contributed by atoms with Gasteiger partial charge < -0.3 is 9.64 Å². The molecule has 0 aromatic heterocycles. The van der Waals surface area contributed by atoms with Crippen LogP contribution in [0.4, 0.5) is 5.69 Å². The van der Waals surface area contributed by atoms with Crippen LogP contribution < -0.4 is 9.46 Å². The number of nitrogens with one attached hydrogen (secondary N) is 1. The molecule has 1 amide bonds. The zero-order valence-corrected chi connectivity index (χ0v) is 17.1. The highest BCUT2D eigenvalue weighted by Crippen LogP contribution is 2.27. The van der Waals surface area contributed by atoms with Crippen LogP contribution in [0.2, 0.25) is 0 Å². The molecule has 0 aliphatic carbocycles. The summed E-state index contributed by atoms with van der Waals surface area (Å²) in [5, 5.41) is 0. The first kappa shape index (κ1) is 20.2. The van der Waals surface area contributed by atoms with Gasteiger partial charge in [0, 0.05) is 18.7 Å². The molecule has 0 spiro atoms. The summed E-state index contributed by atoms with van der Waals surface area (Å²) in [6.07, 6.45) is 3.09. The van der Waals surface area contributed by atoms with Gasteiger partial charge in [0.15, 0.2) is 0 Å². The Morgan fingerprint density at radius 1 is 1.11 bits per heavy atom. The van der Waals surface area contributed by atoms with Gasteiger partial charge in [-0.25, -0.2) is 8.42 Å². The summed E-state index contributed by atoms with van der Waals surface area (Å²) >= 11 is 0. The summed E-state index contributed by atoms with van der Waals surface area (Å²) in [5.74, 6) is 0.356. The number of aryl methyl sites for hydroxylation is 1. The highest BCUT2D eigenvalue weighted by molar-refractivity contribution is 7.92. The number of hydrogen-bond donors (Lipinski definition) is 1. The Bertz CT molecular complexity index is 951. The second-order valence-electron chi connectivity index (χ2n) is 6.86. The zero-order valence-electron chi connectivity index (χ0n) is 16.3. The van der Waals surface area contributed by atoms with Crippen molar-refractivity contribution in [2.75, 3.05) is 24.4 Å². The lowest BCUT2D eigenvalue weighted by molar-refractivity contribution is 0.0723. The first-order valence-corrected chi connectivity index (χ1v) is 11.1. The minimum absolute atomic E-state index is 0.0600. The normalized spacial score (nSPS) is 14.6. The molecule has 0 radical (unpaired) electrons. The SMILES string of the molecule is CCOc1ccccc1NS(=O)(=O)c1ccc(C)c(C(=O)N2CCCCC2)c1. The van der Waals surface area contributed by atoms with Gasteiger partial charge in [-0.1, -0.05) is 18.2 Å². The maximum absolute atomic E-state index is 12.9. The van der Waals surface area contributed by atoms with E-state index < -0.39 is 10.0 Å². The first-order chi connectivity index (χ1) is 13.4. The Hall–Kier alpha value is -2.54. The van der Waals surface area contributed by atoms with E-state index in [0.29, 0.717) is 23.6 Å². The number of piperidine rings is 1. The molecular formula is C21H26N2O4S. The molecule has 1 aliphatic rings. The van der Waals surface area contributed by atoms with Gasteiger partial charge in [-0.3, -0.25) is 9.52 Å². The van der Waals surface area contributed by atoms with Crippen LogP contribution in [-0.2, 0) is 10.0 Å². The standard InChI is InChI=1S/C21H26N2O4S/c1-3-27-20-10-6-5-9-19(20)22-28(25,26)17-12-11-16(2)18(15-17)21(24)23-13-7-4-8-14-23/h5-6,9-12,15,22H,3-4,7-8,13-14H2,1-2H3. The predicted molar refractivity (Wildman–Crippen MR) is 109 cm³/mol. The summed E-state index contributed by atoms with van der Waals surface area (Å²) in [5.41, 5.74) is 1.57. The molecule has 1 saturated heterocycles. The van der Waals surface area contributed by atoms with Gasteiger partial charge in [0.2, 0.25) is 0 Å². The fraction of sp³-hybridized carbons (Fsp3) is 0.381. The number of rotatable bonds is 6. The Labute approximate surface area is 166 Å². The summed E-state index contributed by atoms with van der Waals surface area (Å²) < 4.78 is 33.9. The molecule has 7 heteroatoms. The van der Waals surface area contributed by atoms with Crippen LogP contribution in [0.1, 0.15) is 42.1 Å². The monoisotopic (exact) mass is 402 g/mol. The summed E-state index contributed by atoms with van der Waals surface area (Å²) in [4.78, 5) is 14.8. The van der Waals surface area contributed by atoms with E-state index in [0.717, 1.165) is 37.9 Å². The summed E-state index contributed by atoms with van der Waals surface area (Å²) in [6, 6.07) is 11.6. The number of sulfonamides is 1. The zero-order chi connectivity index (χ0) is 20.1. The van der Waals surface area contributed by atoms with Crippen molar-refractivity contribution in [3.05, 3.63) is 53.6 Å². The fourth-order valence-electron chi connectivity index (χ4n) is 3.30. The van der Waals surface area contributed by atoms with Gasteiger partial charge >= 0.3 is 0 Å². The highest BCUT2D eigenvalue weighted by Gasteiger charge is 2.23. The van der Waals surface area contributed by atoms with Crippen LogP contribution in [0.15, 0.2) is 47.4 Å². The van der Waals surface area contributed by atoms with E-state index in [-0.39, 0.29) is 10.8 Å². The van der Waals surface area contributed by atoms with Crippen LogP contribution >= 0.6 is 0 Å². The molecule has 0 atom stereocenters. The van der Waals surface area contributed by atoms with Gasteiger partial charge in [-0.15, -0.1) is 0 Å². The minimum atomic E-state index is -3.86. The molecule has 1 heterocycles. The van der Waals surface area contributed by atoms with Gasteiger partial charge in [0.05, 0.1) is 17.2 Å². The van der Waals surface area contributed by atoms with Gasteiger partial charge in [-0.2, -0.15) is 0 Å². The van der Waals surface area contributed by atoms with E-state index in [1.165, 1.54) is 12.1 Å². The number of amides is 1. The Morgan fingerprint density at radius 3 is 2.54 bits per heavy atom. The molecule has 3 rings (SSSR count). The first-order valence-electron chi connectivity index (χ1n) is 9.57. The summed E-state index contributed by atoms with van der Waals surface area (Å²) in [6.45, 7) is 5.53. The van der Waals surface area contributed by atoms with Crippen LogP contribution in [-0.4, -0.2) is 38.9 Å². The highest BCUT2D eigenvalue weighted by atomic mass is 32.2. The van der Waals surface area contributed by atoms with Crippen molar-refractivity contribution < 1.29 is 17.9 Å². The molecule has 0 unspecified atom stereocenters. The van der Waals surface area contributed by atoms with Gasteiger partial charge in [-0.05, 0) is 62.9 Å². The van der Waals surface area contributed by atoms with E-state index in [1.807, 2.05) is 13.8 Å². The van der Waals surface area contributed by atoms with Crippen molar-refractivity contribution >= 4 is 21.6 Å². The van der Waals surface area contributed by atoms with E-state index in [2.05, 4.69) is 4.72 Å². The van der Waals surface area contributed by atoms with E-state index >= 15 is 0 Å². The third kappa shape index (κ3) is 4.47. The molecule has 1 N–H and O–H groups in total. The van der Waals surface area contributed by atoms with Crippen LogP contribution in [0.3, 0.4) is 0 Å². The van der Waals surface area contributed by atoms with E-state index in [9.17, 15) is 13.2 Å². The molecule has 1 fully saturated rings. The molecule has 1 aliphatic heterocycles. The van der Waals surface area contributed by atoms with Crippen molar-refractivity contribution in [2.24, 2.45) is 0 Å². The Balaban J connectivity index is 1.89. The van der Waals surface area contributed by atoms with E-state index in [4.69, 9.17) is 4.74 Å². The van der Waals surface area contributed by atoms with Crippen molar-refractivity contribution in [1.29, 1.82) is 0 Å². The second kappa shape index (κ2) is 8.65. The molecule has 2 aromatic carbocycles. The molecule has 0 saturated carbocycles. The number of carbonyl (C=O) groups excluding carboxylic acids is 1. The molecular weight excluding hydrogens is 376 g/mol. The fourth-order valence-corrected chi connectivity index (χ4v) is 4.40. The maximum Gasteiger partial charge on any atom is 0.262 e. The molecule has 0 bridgehead atoms. The Kier molecular flexibility index (Phi) is 6.24. The number of likely N-dealkylation sites (tertiary alicyclic amines) is 1. The third-order valence-electron chi connectivity index (χ3n) is 4.82. The summed E-state index contributed by atoms with van der Waals surface area (Å²) in [7, 11) is -3.86. The smallest absolute Gasteiger partial charge is 0.262 e. The molecule has 150 valence electrons. The number of anilines is 1.